The summed E-state index contributed by atoms with van der Waals surface area (Å²) >= 11 is 0. The number of aryl methyl sites for hydroxylation is 1. The smallest absolute Gasteiger partial charge is 0.160 e. The molecule has 0 aliphatic heterocycles. The summed E-state index contributed by atoms with van der Waals surface area (Å²) in [6, 6.07) is 5.66. The van der Waals surface area contributed by atoms with Gasteiger partial charge >= 0.3 is 0 Å². The molecule has 2 nitrogen and oxygen atoms in total. The Hall–Kier alpha value is -1.18. The van der Waals surface area contributed by atoms with Gasteiger partial charge in [0.25, 0.3) is 0 Å². The summed E-state index contributed by atoms with van der Waals surface area (Å²) in [6.45, 7) is 2.26. The normalized spacial score (nSPS) is 10.7. The number of methoxy groups -OCH3 is 1. The Morgan fingerprint density at radius 3 is 2.10 bits per heavy atom. The van der Waals surface area contributed by atoms with E-state index >= 15 is 0 Å². The van der Waals surface area contributed by atoms with Crippen LogP contribution in [0.3, 0.4) is 0 Å². The highest BCUT2D eigenvalue weighted by atomic mass is 16.5. The molecule has 20 heavy (non-hydrogen) atoms. The van der Waals surface area contributed by atoms with E-state index in [0.717, 1.165) is 6.42 Å². The van der Waals surface area contributed by atoms with Crippen molar-refractivity contribution in [3.63, 3.8) is 0 Å². The van der Waals surface area contributed by atoms with Crippen molar-refractivity contribution in [2.24, 2.45) is 0 Å². The van der Waals surface area contributed by atoms with E-state index < -0.39 is 0 Å². The molecule has 0 aliphatic carbocycles. The van der Waals surface area contributed by atoms with Gasteiger partial charge in [0.15, 0.2) is 11.5 Å². The number of hydrogen-bond donors (Lipinski definition) is 1. The summed E-state index contributed by atoms with van der Waals surface area (Å²) in [5.74, 6) is 0.807. The van der Waals surface area contributed by atoms with E-state index in [4.69, 9.17) is 4.74 Å². The van der Waals surface area contributed by atoms with Crippen LogP contribution in [0.1, 0.15) is 70.3 Å². The van der Waals surface area contributed by atoms with Crippen LogP contribution in [-0.2, 0) is 6.42 Å². The van der Waals surface area contributed by atoms with E-state index in [2.05, 4.69) is 6.92 Å². The molecule has 0 saturated heterocycles. The van der Waals surface area contributed by atoms with Crippen LogP contribution in [0.15, 0.2) is 18.2 Å². The molecular weight excluding hydrogens is 248 g/mol. The fourth-order valence-corrected chi connectivity index (χ4v) is 2.52. The first-order valence-electron chi connectivity index (χ1n) is 8.13. The number of phenols is 1. The van der Waals surface area contributed by atoms with Crippen LogP contribution in [0.25, 0.3) is 0 Å². The largest absolute Gasteiger partial charge is 0.504 e. The molecule has 114 valence electrons. The van der Waals surface area contributed by atoms with Gasteiger partial charge in [-0.1, -0.05) is 64.4 Å². The topological polar surface area (TPSA) is 29.5 Å². The zero-order chi connectivity index (χ0) is 14.6. The monoisotopic (exact) mass is 278 g/mol. The molecule has 0 spiro atoms. The van der Waals surface area contributed by atoms with Gasteiger partial charge in [0.1, 0.15) is 0 Å². The number of rotatable bonds is 11. The lowest BCUT2D eigenvalue weighted by Crippen LogP contribution is -1.89. The maximum atomic E-state index is 9.54. The number of hydrogen-bond acceptors (Lipinski definition) is 2. The first-order chi connectivity index (χ1) is 9.77. The summed E-state index contributed by atoms with van der Waals surface area (Å²) in [6.07, 6.45) is 13.3. The van der Waals surface area contributed by atoms with E-state index in [1.807, 2.05) is 12.1 Å². The van der Waals surface area contributed by atoms with Gasteiger partial charge < -0.3 is 9.84 Å². The van der Waals surface area contributed by atoms with Crippen molar-refractivity contribution < 1.29 is 9.84 Å². The van der Waals surface area contributed by atoms with E-state index in [1.54, 1.807) is 13.2 Å². The molecule has 0 heterocycles. The number of benzene rings is 1. The van der Waals surface area contributed by atoms with Gasteiger partial charge in [-0.15, -0.1) is 0 Å². The fraction of sp³-hybridized carbons (Fsp3) is 0.667. The summed E-state index contributed by atoms with van der Waals surface area (Å²) in [5, 5.41) is 9.54. The SMILES string of the molecule is CCCCCCCCCCCc1ccc(O)c(OC)c1. The minimum atomic E-state index is 0.225. The molecule has 0 aliphatic rings. The molecule has 1 rings (SSSR count). The lowest BCUT2D eigenvalue weighted by Gasteiger charge is -2.06. The summed E-state index contributed by atoms with van der Waals surface area (Å²) in [7, 11) is 1.59. The van der Waals surface area contributed by atoms with Crippen LogP contribution in [0.5, 0.6) is 11.5 Å². The van der Waals surface area contributed by atoms with Crippen LogP contribution in [0, 0.1) is 0 Å². The molecule has 0 bridgehead atoms. The maximum absolute atomic E-state index is 9.54. The quantitative estimate of drug-likeness (QED) is 0.543. The summed E-state index contributed by atoms with van der Waals surface area (Å²) in [5.41, 5.74) is 1.25. The molecule has 1 aromatic rings. The maximum Gasteiger partial charge on any atom is 0.160 e. The Morgan fingerprint density at radius 2 is 1.50 bits per heavy atom. The Kier molecular flexibility index (Phi) is 8.93. The van der Waals surface area contributed by atoms with Crippen molar-refractivity contribution in [1.29, 1.82) is 0 Å². The van der Waals surface area contributed by atoms with E-state index in [9.17, 15) is 5.11 Å². The molecule has 0 saturated carbocycles. The van der Waals surface area contributed by atoms with Crippen LogP contribution < -0.4 is 4.74 Å². The van der Waals surface area contributed by atoms with Crippen molar-refractivity contribution in [3.05, 3.63) is 23.8 Å². The summed E-state index contributed by atoms with van der Waals surface area (Å²) < 4.78 is 5.13. The Balaban J connectivity index is 2.06. The molecule has 0 aromatic heterocycles. The molecule has 0 amide bonds. The molecule has 1 N–H and O–H groups in total. The predicted molar refractivity (Wildman–Crippen MR) is 85.6 cm³/mol. The highest BCUT2D eigenvalue weighted by Crippen LogP contribution is 2.27. The highest BCUT2D eigenvalue weighted by molar-refractivity contribution is 5.41. The van der Waals surface area contributed by atoms with Crippen LogP contribution in [-0.4, -0.2) is 12.2 Å². The van der Waals surface area contributed by atoms with Crippen LogP contribution in [0.2, 0.25) is 0 Å². The molecule has 2 heteroatoms. The molecule has 0 atom stereocenters. The minimum absolute atomic E-state index is 0.225. The Bertz CT molecular complexity index is 360. The predicted octanol–water partition coefficient (Wildman–Crippen LogP) is 5.47. The zero-order valence-electron chi connectivity index (χ0n) is 13.2. The highest BCUT2D eigenvalue weighted by Gasteiger charge is 2.02. The molecule has 1 aromatic carbocycles. The lowest BCUT2D eigenvalue weighted by molar-refractivity contribution is 0.373. The van der Waals surface area contributed by atoms with Crippen molar-refractivity contribution in [2.45, 2.75) is 71.1 Å². The van der Waals surface area contributed by atoms with Gasteiger partial charge in [0, 0.05) is 0 Å². The second-order valence-electron chi connectivity index (χ2n) is 5.58. The average Bonchev–Trinajstić information content (AvgIpc) is 2.47. The Morgan fingerprint density at radius 1 is 0.900 bits per heavy atom. The first-order valence-corrected chi connectivity index (χ1v) is 8.13. The van der Waals surface area contributed by atoms with Gasteiger partial charge in [0.05, 0.1) is 7.11 Å². The third kappa shape index (κ3) is 6.83. The average molecular weight is 278 g/mol. The summed E-state index contributed by atoms with van der Waals surface area (Å²) in [4.78, 5) is 0. The van der Waals surface area contributed by atoms with Gasteiger partial charge in [0.2, 0.25) is 0 Å². The molecular formula is C18H30O2. The van der Waals surface area contributed by atoms with Crippen molar-refractivity contribution in [3.8, 4) is 11.5 Å². The van der Waals surface area contributed by atoms with Gasteiger partial charge in [-0.2, -0.15) is 0 Å². The first kappa shape index (κ1) is 16.9. The molecule has 0 radical (unpaired) electrons. The number of ether oxygens (including phenoxy) is 1. The molecule has 0 fully saturated rings. The van der Waals surface area contributed by atoms with Crippen molar-refractivity contribution in [2.75, 3.05) is 7.11 Å². The van der Waals surface area contributed by atoms with Gasteiger partial charge in [-0.3, -0.25) is 0 Å². The number of aromatic hydroxyl groups is 1. The lowest BCUT2D eigenvalue weighted by atomic mass is 10.0. The standard InChI is InChI=1S/C18H30O2/c1-3-4-5-6-7-8-9-10-11-12-16-13-14-17(19)18(15-16)20-2/h13-15,19H,3-12H2,1-2H3. The van der Waals surface area contributed by atoms with Crippen LogP contribution in [0.4, 0.5) is 0 Å². The Labute approximate surface area is 124 Å². The van der Waals surface area contributed by atoms with Crippen LogP contribution >= 0.6 is 0 Å². The fourth-order valence-electron chi connectivity index (χ4n) is 2.52. The van der Waals surface area contributed by atoms with E-state index in [1.165, 1.54) is 63.4 Å². The zero-order valence-corrected chi connectivity index (χ0v) is 13.2. The van der Waals surface area contributed by atoms with Gasteiger partial charge in [-0.05, 0) is 30.5 Å². The third-order valence-electron chi connectivity index (χ3n) is 3.81. The van der Waals surface area contributed by atoms with Gasteiger partial charge in [-0.25, -0.2) is 0 Å². The second kappa shape index (κ2) is 10.6. The van der Waals surface area contributed by atoms with E-state index in [0.29, 0.717) is 5.75 Å². The van der Waals surface area contributed by atoms with E-state index in [-0.39, 0.29) is 5.75 Å². The number of unbranched alkanes of at least 4 members (excludes halogenated alkanes) is 8. The number of phenolic OH excluding ortho intramolecular Hbond substituents is 1. The van der Waals surface area contributed by atoms with Crippen molar-refractivity contribution >= 4 is 0 Å². The van der Waals surface area contributed by atoms with Crippen molar-refractivity contribution in [1.82, 2.24) is 0 Å². The third-order valence-corrected chi connectivity index (χ3v) is 3.81. The second-order valence-corrected chi connectivity index (χ2v) is 5.58. The minimum Gasteiger partial charge on any atom is -0.504 e. The molecule has 0 unspecified atom stereocenters.